The zero-order valence-corrected chi connectivity index (χ0v) is 7.12. The van der Waals surface area contributed by atoms with Gasteiger partial charge >= 0.3 is 0 Å². The van der Waals surface area contributed by atoms with Crippen molar-refractivity contribution in [1.29, 1.82) is 0 Å². The second-order valence-electron chi connectivity index (χ2n) is 1.74. The molecule has 0 radical (unpaired) electrons. The molecule has 0 aliphatic heterocycles. The van der Waals surface area contributed by atoms with E-state index in [2.05, 4.69) is 4.65 Å². The molecule has 0 saturated carbocycles. The van der Waals surface area contributed by atoms with E-state index in [9.17, 15) is 0 Å². The van der Waals surface area contributed by atoms with Crippen molar-refractivity contribution in [3.8, 4) is 0 Å². The first-order chi connectivity index (χ1) is 3.13. The Hall–Kier alpha value is 0.314. The molecule has 2 atom stereocenters. The summed E-state index contributed by atoms with van der Waals surface area (Å²) in [5.74, 6) is 0. The van der Waals surface area contributed by atoms with Crippen LogP contribution in [0.4, 0.5) is 0 Å². The van der Waals surface area contributed by atoms with Crippen molar-refractivity contribution in [2.75, 3.05) is 0 Å². The van der Waals surface area contributed by atoms with Crippen LogP contribution < -0.4 is 15.4 Å². The average Bonchev–Trinajstić information content (AvgIpc) is 1.27. The van der Waals surface area contributed by atoms with Crippen LogP contribution >= 0.6 is 0 Å². The summed E-state index contributed by atoms with van der Waals surface area (Å²) >= 11 is 0. The molecule has 0 bridgehead atoms. The Bertz CT molecular complexity index is 40.2. The maximum atomic E-state index is 5.48. The van der Waals surface area contributed by atoms with Gasteiger partial charge in [0, 0.05) is 0 Å². The molecule has 3 nitrogen and oxygen atoms in total. The van der Waals surface area contributed by atoms with Crippen LogP contribution in [0.1, 0.15) is 0 Å². The molecule has 0 heterocycles. The zero-order chi connectivity index (χ0) is 5.86. The number of nitrogens with two attached hydrogens (primary N) is 2. The Morgan fingerprint density at radius 1 is 1.14 bits per heavy atom. The third kappa shape index (κ3) is 6.31. The molecule has 0 aromatic carbocycles. The van der Waals surface area contributed by atoms with E-state index in [-0.39, 0.29) is 0 Å². The maximum absolute atomic E-state index is 5.48. The van der Waals surface area contributed by atoms with Gasteiger partial charge in [0.25, 0.3) is 0 Å². The van der Waals surface area contributed by atoms with Crippen molar-refractivity contribution in [1.82, 2.24) is 4.65 Å². The van der Waals surface area contributed by atoms with Crippen molar-refractivity contribution in [3.05, 3.63) is 0 Å². The lowest BCUT2D eigenvalue weighted by molar-refractivity contribution is 1.37. The fraction of sp³-hybridized carbons (Fsp3) is 1.00. The Morgan fingerprint density at radius 3 is 1.43 bits per heavy atom. The summed E-state index contributed by atoms with van der Waals surface area (Å²) in [7, 11) is -2.08. The predicted octanol–water partition coefficient (Wildman–Crippen LogP) is -1.81. The first-order valence-electron chi connectivity index (χ1n) is 2.40. The topological polar surface area (TPSA) is 64.1 Å². The quantitative estimate of drug-likeness (QED) is 0.391. The van der Waals surface area contributed by atoms with E-state index in [1.807, 2.05) is 13.1 Å². The van der Waals surface area contributed by atoms with Gasteiger partial charge < -0.3 is 15.4 Å². The van der Waals surface area contributed by atoms with Crippen LogP contribution in [0, 0.1) is 0 Å². The van der Waals surface area contributed by atoms with Gasteiger partial charge in [0.2, 0.25) is 0 Å². The lowest BCUT2D eigenvalue weighted by Crippen LogP contribution is -2.52. The van der Waals surface area contributed by atoms with E-state index >= 15 is 0 Å². The molecule has 0 aromatic rings. The lowest BCUT2D eigenvalue weighted by Gasteiger charge is -2.06. The van der Waals surface area contributed by atoms with Gasteiger partial charge in [0.1, 0.15) is 0 Å². The number of hydrogen-bond acceptors (Lipinski definition) is 3. The highest BCUT2D eigenvalue weighted by Crippen LogP contribution is 1.60. The summed E-state index contributed by atoms with van der Waals surface area (Å²) in [6.45, 7) is 4.05. The van der Waals surface area contributed by atoms with Crippen LogP contribution in [0.3, 0.4) is 0 Å². The van der Waals surface area contributed by atoms with Crippen LogP contribution in [0.5, 0.6) is 0 Å². The molecule has 2 unspecified atom stereocenters. The van der Waals surface area contributed by atoms with Crippen LogP contribution in [-0.4, -0.2) is 18.2 Å². The largest absolute Gasteiger partial charge is 0.342 e. The molecule has 7 heavy (non-hydrogen) atoms. The summed E-state index contributed by atoms with van der Waals surface area (Å²) < 4.78 is 3.14. The number of nitrogens with one attached hydrogen (secondary N) is 1. The van der Waals surface area contributed by atoms with E-state index in [4.69, 9.17) is 10.8 Å². The van der Waals surface area contributed by atoms with E-state index < -0.39 is 18.2 Å². The summed E-state index contributed by atoms with van der Waals surface area (Å²) in [5, 5.41) is 11.0. The molecule has 0 saturated heterocycles. The molecular formula is C2H13N3Si2. The van der Waals surface area contributed by atoms with Gasteiger partial charge in [-0.2, -0.15) is 0 Å². The van der Waals surface area contributed by atoms with Gasteiger partial charge in [0.05, 0.1) is 0 Å². The maximum Gasteiger partial charge on any atom is 0.172 e. The van der Waals surface area contributed by atoms with Gasteiger partial charge in [-0.25, -0.2) is 0 Å². The van der Waals surface area contributed by atoms with Gasteiger partial charge in [-0.05, 0) is 13.1 Å². The monoisotopic (exact) mass is 135 g/mol. The summed E-state index contributed by atoms with van der Waals surface area (Å²) in [5.41, 5.74) is 0. The molecule has 0 aromatic heterocycles. The minimum absolute atomic E-state index is 1.04. The highest BCUT2D eigenvalue weighted by molar-refractivity contribution is 6.68. The van der Waals surface area contributed by atoms with E-state index in [0.29, 0.717) is 0 Å². The summed E-state index contributed by atoms with van der Waals surface area (Å²) in [6.07, 6.45) is 0. The molecule has 0 amide bonds. The first kappa shape index (κ1) is 7.31. The van der Waals surface area contributed by atoms with Crippen molar-refractivity contribution in [2.24, 2.45) is 10.8 Å². The van der Waals surface area contributed by atoms with Crippen molar-refractivity contribution >= 4 is 18.2 Å². The van der Waals surface area contributed by atoms with Gasteiger partial charge in [-0.15, -0.1) is 0 Å². The minimum atomic E-state index is -1.04. The van der Waals surface area contributed by atoms with Crippen molar-refractivity contribution in [3.63, 3.8) is 0 Å². The summed E-state index contributed by atoms with van der Waals surface area (Å²) in [4.78, 5) is 0. The molecule has 0 aliphatic rings. The van der Waals surface area contributed by atoms with Crippen LogP contribution in [-0.2, 0) is 0 Å². The van der Waals surface area contributed by atoms with Crippen LogP contribution in [0.15, 0.2) is 0 Å². The fourth-order valence-corrected chi connectivity index (χ4v) is 3.73. The normalized spacial score (nSPS) is 18.9. The second kappa shape index (κ2) is 3.33. The highest BCUT2D eigenvalue weighted by Gasteiger charge is 1.97. The van der Waals surface area contributed by atoms with Gasteiger partial charge in [-0.3, -0.25) is 0 Å². The first-order valence-corrected chi connectivity index (χ1v) is 7.20. The molecule has 5 heteroatoms. The lowest BCUT2D eigenvalue weighted by atomic mass is 11.9. The Morgan fingerprint density at radius 2 is 1.43 bits per heavy atom. The smallest absolute Gasteiger partial charge is 0.172 e. The third-order valence-corrected chi connectivity index (χ3v) is 4.73. The molecule has 0 rings (SSSR count). The van der Waals surface area contributed by atoms with Crippen LogP contribution in [0.25, 0.3) is 0 Å². The molecule has 0 spiro atoms. The van der Waals surface area contributed by atoms with E-state index in [1.165, 1.54) is 0 Å². The predicted molar refractivity (Wildman–Crippen MR) is 37.5 cm³/mol. The number of hydrogen-bond donors (Lipinski definition) is 3. The minimum Gasteiger partial charge on any atom is -0.342 e. The third-order valence-electron chi connectivity index (χ3n) is 0.526. The Labute approximate surface area is 47.6 Å². The fourth-order valence-electron chi connectivity index (χ4n) is 0.415. The highest BCUT2D eigenvalue weighted by atomic mass is 28.4. The molecule has 0 fully saturated rings. The van der Waals surface area contributed by atoms with Gasteiger partial charge in [0.15, 0.2) is 18.2 Å². The molecule has 5 N–H and O–H groups in total. The molecule has 44 valence electrons. The van der Waals surface area contributed by atoms with Crippen molar-refractivity contribution < 1.29 is 0 Å². The summed E-state index contributed by atoms with van der Waals surface area (Å²) in [6, 6.07) is 0. The average molecular weight is 135 g/mol. The van der Waals surface area contributed by atoms with E-state index in [0.717, 1.165) is 0 Å². The van der Waals surface area contributed by atoms with Crippen LogP contribution in [0.2, 0.25) is 13.1 Å². The molecular weight excluding hydrogens is 122 g/mol. The SMILES string of the molecule is C[SiH](N)N[SiH](C)N. The standard InChI is InChI=1S/C2H13N3Si2/c1-6(3)5-7(2)4/h5-7H,3-4H2,1-2H3. The number of rotatable bonds is 2. The zero-order valence-electron chi connectivity index (χ0n) is 4.81. The van der Waals surface area contributed by atoms with Crippen molar-refractivity contribution in [2.45, 2.75) is 13.1 Å². The van der Waals surface area contributed by atoms with E-state index in [1.54, 1.807) is 0 Å². The Balaban J connectivity index is 2.95. The molecule has 0 aliphatic carbocycles. The Kier molecular flexibility index (Phi) is 3.48. The van der Waals surface area contributed by atoms with Gasteiger partial charge in [-0.1, -0.05) is 0 Å². The second-order valence-corrected chi connectivity index (χ2v) is 6.23.